The quantitative estimate of drug-likeness (QED) is 0.781. The summed E-state index contributed by atoms with van der Waals surface area (Å²) in [6, 6.07) is 4.71. The number of nitrogens with one attached hydrogen (secondary N) is 1. The molecule has 3 aliphatic rings. The zero-order chi connectivity index (χ0) is 15.1. The first-order chi connectivity index (χ1) is 10.5. The third kappa shape index (κ3) is 1.66. The molecule has 5 rings (SSSR count). The Hall–Kier alpha value is -1.49. The van der Waals surface area contributed by atoms with Gasteiger partial charge in [0.15, 0.2) is 0 Å². The van der Waals surface area contributed by atoms with Gasteiger partial charge in [-0.1, -0.05) is 0 Å². The van der Waals surface area contributed by atoms with Crippen molar-refractivity contribution in [1.29, 1.82) is 0 Å². The molecule has 2 fully saturated rings. The van der Waals surface area contributed by atoms with Crippen LogP contribution in [0.2, 0.25) is 0 Å². The minimum atomic E-state index is -4.27. The van der Waals surface area contributed by atoms with Crippen molar-refractivity contribution >= 4 is 10.9 Å². The van der Waals surface area contributed by atoms with Gasteiger partial charge in [0.05, 0.1) is 5.56 Å². The molecule has 1 saturated carbocycles. The fourth-order valence-electron chi connectivity index (χ4n) is 4.99. The number of alkyl halides is 3. The smallest absolute Gasteiger partial charge is 0.358 e. The van der Waals surface area contributed by atoms with Crippen LogP contribution in [0.4, 0.5) is 13.2 Å². The summed E-state index contributed by atoms with van der Waals surface area (Å²) in [6.07, 6.45) is -0.971. The number of hydrogen-bond donors (Lipinski definition) is 1. The molecule has 22 heavy (non-hydrogen) atoms. The molecule has 3 heterocycles. The average molecular weight is 306 g/mol. The summed E-state index contributed by atoms with van der Waals surface area (Å²) in [7, 11) is 0. The van der Waals surface area contributed by atoms with Gasteiger partial charge < -0.3 is 4.98 Å². The summed E-state index contributed by atoms with van der Waals surface area (Å²) >= 11 is 0. The molecule has 3 atom stereocenters. The number of hydrogen-bond acceptors (Lipinski definition) is 1. The lowest BCUT2D eigenvalue weighted by Gasteiger charge is -2.30. The highest BCUT2D eigenvalue weighted by Gasteiger charge is 2.48. The number of halogens is 3. The number of piperidine rings is 1. The highest BCUT2D eigenvalue weighted by molar-refractivity contribution is 5.86. The minimum absolute atomic E-state index is 0.484. The zero-order valence-electron chi connectivity index (χ0n) is 12.1. The Morgan fingerprint density at radius 1 is 1.18 bits per heavy atom. The summed E-state index contributed by atoms with van der Waals surface area (Å²) in [6.45, 7) is 2.16. The molecule has 116 valence electrons. The number of H-pyrrole nitrogens is 1. The van der Waals surface area contributed by atoms with E-state index in [0.717, 1.165) is 35.3 Å². The van der Waals surface area contributed by atoms with E-state index in [2.05, 4.69) is 9.88 Å². The van der Waals surface area contributed by atoms with Crippen LogP contribution in [-0.2, 0) is 12.6 Å². The molecule has 1 aromatic heterocycles. The van der Waals surface area contributed by atoms with E-state index in [9.17, 15) is 13.2 Å². The molecule has 1 aromatic carbocycles. The molecule has 1 N–H and O–H groups in total. The predicted molar refractivity (Wildman–Crippen MR) is 77.8 cm³/mol. The number of benzene rings is 1. The second-order valence-electron chi connectivity index (χ2n) is 7.03. The van der Waals surface area contributed by atoms with Gasteiger partial charge in [0.1, 0.15) is 0 Å². The monoisotopic (exact) mass is 306 g/mol. The van der Waals surface area contributed by atoms with Crippen molar-refractivity contribution in [3.05, 3.63) is 35.0 Å². The number of rotatable bonds is 0. The molecule has 0 spiro atoms. The summed E-state index contributed by atoms with van der Waals surface area (Å²) in [5.74, 6) is 1.26. The van der Waals surface area contributed by atoms with Crippen LogP contribution in [0.3, 0.4) is 0 Å². The predicted octanol–water partition coefficient (Wildman–Crippen LogP) is 3.92. The highest BCUT2D eigenvalue weighted by Crippen LogP contribution is 2.50. The molecule has 0 unspecified atom stereocenters. The molecule has 2 bridgehead atoms. The molecule has 1 saturated heterocycles. The number of aromatic nitrogens is 1. The largest absolute Gasteiger partial charge is 0.416 e. The lowest BCUT2D eigenvalue weighted by Crippen LogP contribution is -2.36. The van der Waals surface area contributed by atoms with Gasteiger partial charge >= 0.3 is 6.18 Å². The van der Waals surface area contributed by atoms with Crippen molar-refractivity contribution < 1.29 is 13.2 Å². The Morgan fingerprint density at radius 3 is 2.82 bits per heavy atom. The first kappa shape index (κ1) is 13.0. The summed E-state index contributed by atoms with van der Waals surface area (Å²) < 4.78 is 39.0. The Kier molecular flexibility index (Phi) is 2.41. The summed E-state index contributed by atoms with van der Waals surface area (Å²) in [5, 5.41) is 0.774. The van der Waals surface area contributed by atoms with Crippen LogP contribution in [0.5, 0.6) is 0 Å². The lowest BCUT2D eigenvalue weighted by molar-refractivity contribution is -0.137. The highest BCUT2D eigenvalue weighted by atomic mass is 19.4. The van der Waals surface area contributed by atoms with Crippen LogP contribution < -0.4 is 0 Å². The van der Waals surface area contributed by atoms with Gasteiger partial charge in [0, 0.05) is 41.6 Å². The van der Waals surface area contributed by atoms with Gasteiger partial charge in [0.25, 0.3) is 0 Å². The van der Waals surface area contributed by atoms with Gasteiger partial charge in [-0.15, -0.1) is 0 Å². The first-order valence-electron chi connectivity index (χ1n) is 7.96. The van der Waals surface area contributed by atoms with Gasteiger partial charge in [-0.3, -0.25) is 4.90 Å². The van der Waals surface area contributed by atoms with Crippen molar-refractivity contribution in [1.82, 2.24) is 9.88 Å². The summed E-state index contributed by atoms with van der Waals surface area (Å²) in [4.78, 5) is 6.00. The summed E-state index contributed by atoms with van der Waals surface area (Å²) in [5.41, 5.74) is 2.65. The van der Waals surface area contributed by atoms with Gasteiger partial charge in [-0.2, -0.15) is 13.2 Å². The normalized spacial score (nSPS) is 30.8. The fraction of sp³-hybridized carbons (Fsp3) is 0.529. The molecular weight excluding hydrogens is 289 g/mol. The molecule has 2 nitrogen and oxygen atoms in total. The van der Waals surface area contributed by atoms with Crippen molar-refractivity contribution in [2.24, 2.45) is 5.92 Å². The van der Waals surface area contributed by atoms with E-state index in [1.54, 1.807) is 6.07 Å². The Labute approximate surface area is 126 Å². The van der Waals surface area contributed by atoms with Crippen LogP contribution in [-0.4, -0.2) is 29.0 Å². The SMILES string of the molecule is FC(F)(F)c1ccc2[nH]c3c(c2c1)CCN1C[C@H]2C[C@@H]3[C@@H]1C2. The van der Waals surface area contributed by atoms with Gasteiger partial charge in [-0.25, -0.2) is 0 Å². The van der Waals surface area contributed by atoms with E-state index in [1.165, 1.54) is 37.2 Å². The Morgan fingerprint density at radius 2 is 2.05 bits per heavy atom. The van der Waals surface area contributed by atoms with E-state index in [0.29, 0.717) is 12.0 Å². The molecule has 2 aliphatic heterocycles. The zero-order valence-corrected chi connectivity index (χ0v) is 12.1. The standard InChI is InChI=1S/C17H17F3N2/c18-17(19,20)10-1-2-14-12(7-10)11-3-4-22-8-9-5-13(15(22)6-9)16(11)21-14/h1-2,7,9,13,15,21H,3-6,8H2/t9-,13+,15-/m0/s1. The Bertz CT molecular complexity index is 761. The van der Waals surface area contributed by atoms with E-state index in [1.807, 2.05) is 0 Å². The maximum atomic E-state index is 13.0. The molecule has 1 aliphatic carbocycles. The lowest BCUT2D eigenvalue weighted by atomic mass is 9.93. The van der Waals surface area contributed by atoms with E-state index < -0.39 is 11.7 Å². The second kappa shape index (κ2) is 4.07. The molecule has 0 amide bonds. The van der Waals surface area contributed by atoms with Gasteiger partial charge in [0.2, 0.25) is 0 Å². The van der Waals surface area contributed by atoms with Crippen LogP contribution >= 0.6 is 0 Å². The number of fused-ring (bicyclic) bond motifs is 5. The van der Waals surface area contributed by atoms with Gasteiger partial charge in [-0.05, 0) is 48.9 Å². The van der Waals surface area contributed by atoms with Crippen LogP contribution in [0.15, 0.2) is 18.2 Å². The third-order valence-electron chi connectivity index (χ3n) is 5.87. The third-order valence-corrected chi connectivity index (χ3v) is 5.87. The number of nitrogens with zero attached hydrogens (tertiary/aromatic N) is 1. The molecule has 2 aromatic rings. The van der Waals surface area contributed by atoms with Crippen LogP contribution in [0.1, 0.15) is 35.6 Å². The maximum Gasteiger partial charge on any atom is 0.416 e. The van der Waals surface area contributed by atoms with Crippen molar-refractivity contribution in [2.75, 3.05) is 13.1 Å². The second-order valence-corrected chi connectivity index (χ2v) is 7.03. The first-order valence-corrected chi connectivity index (χ1v) is 7.96. The maximum absolute atomic E-state index is 13.0. The molecular formula is C17H17F3N2. The minimum Gasteiger partial charge on any atom is -0.358 e. The van der Waals surface area contributed by atoms with Crippen molar-refractivity contribution in [3.63, 3.8) is 0 Å². The molecule has 5 heteroatoms. The van der Waals surface area contributed by atoms with Crippen molar-refractivity contribution in [2.45, 2.75) is 37.4 Å². The number of aromatic amines is 1. The topological polar surface area (TPSA) is 19.0 Å². The van der Waals surface area contributed by atoms with E-state index in [-0.39, 0.29) is 0 Å². The Balaban J connectivity index is 1.69. The van der Waals surface area contributed by atoms with E-state index >= 15 is 0 Å². The van der Waals surface area contributed by atoms with Crippen molar-refractivity contribution in [3.8, 4) is 0 Å². The van der Waals surface area contributed by atoms with Crippen LogP contribution in [0, 0.1) is 5.92 Å². The average Bonchev–Trinajstić information content (AvgIpc) is 3.14. The van der Waals surface area contributed by atoms with Crippen LogP contribution in [0.25, 0.3) is 10.9 Å². The fourth-order valence-corrected chi connectivity index (χ4v) is 4.99. The van der Waals surface area contributed by atoms with E-state index in [4.69, 9.17) is 0 Å². The molecule has 0 radical (unpaired) electrons.